The second-order valence-electron chi connectivity index (χ2n) is 8.09. The van der Waals surface area contributed by atoms with E-state index in [0.717, 1.165) is 32.2 Å². The van der Waals surface area contributed by atoms with E-state index in [2.05, 4.69) is 20.8 Å². The molecular formula is C19H27N3O2S. The van der Waals surface area contributed by atoms with Crippen LogP contribution in [0, 0.1) is 13.8 Å². The van der Waals surface area contributed by atoms with Crippen molar-refractivity contribution in [2.75, 3.05) is 13.1 Å². The van der Waals surface area contributed by atoms with Gasteiger partial charge in [-0.05, 0) is 33.3 Å². The maximum atomic E-state index is 13.1. The molecule has 1 saturated heterocycles. The molecule has 2 atom stereocenters. The highest BCUT2D eigenvalue weighted by atomic mass is 32.1. The Morgan fingerprint density at radius 1 is 1.16 bits per heavy atom. The third kappa shape index (κ3) is 3.42. The first-order valence-corrected chi connectivity index (χ1v) is 9.62. The quantitative estimate of drug-likeness (QED) is 0.774. The number of amides is 1. The summed E-state index contributed by atoms with van der Waals surface area (Å²) in [5, 5.41) is 1.02. The van der Waals surface area contributed by atoms with Gasteiger partial charge < -0.3 is 9.64 Å². The van der Waals surface area contributed by atoms with Gasteiger partial charge in [0.1, 0.15) is 10.7 Å². The molecule has 0 N–H and O–H groups in total. The molecule has 0 radical (unpaired) electrons. The predicted octanol–water partition coefficient (Wildman–Crippen LogP) is 3.86. The summed E-state index contributed by atoms with van der Waals surface area (Å²) in [6, 6.07) is 0. The lowest BCUT2D eigenvalue weighted by atomic mass is 9.95. The highest BCUT2D eigenvalue weighted by molar-refractivity contribution is 7.20. The Balaban J connectivity index is 2.04. The van der Waals surface area contributed by atoms with Crippen LogP contribution in [-0.4, -0.2) is 46.1 Å². The SMILES string of the molecule is Cc1nc(C(C)(C)C)nc2sc(C(=O)N3CC(C)OC(C)C3)c(C)c12. The van der Waals surface area contributed by atoms with Crippen LogP contribution in [0.1, 0.15) is 61.4 Å². The number of rotatable bonds is 1. The zero-order chi connectivity index (χ0) is 18.5. The molecule has 3 heterocycles. The van der Waals surface area contributed by atoms with Gasteiger partial charge in [0.05, 0.1) is 22.8 Å². The van der Waals surface area contributed by atoms with Gasteiger partial charge in [-0.2, -0.15) is 0 Å². The van der Waals surface area contributed by atoms with Gasteiger partial charge in [-0.3, -0.25) is 4.79 Å². The van der Waals surface area contributed by atoms with E-state index < -0.39 is 0 Å². The third-order valence-electron chi connectivity index (χ3n) is 4.54. The molecule has 0 aromatic carbocycles. The number of aromatic nitrogens is 2. The van der Waals surface area contributed by atoms with Crippen LogP contribution >= 0.6 is 11.3 Å². The summed E-state index contributed by atoms with van der Waals surface area (Å²) < 4.78 is 5.75. The predicted molar refractivity (Wildman–Crippen MR) is 102 cm³/mol. The van der Waals surface area contributed by atoms with E-state index in [-0.39, 0.29) is 23.5 Å². The monoisotopic (exact) mass is 361 g/mol. The van der Waals surface area contributed by atoms with E-state index >= 15 is 0 Å². The fraction of sp³-hybridized carbons (Fsp3) is 0.632. The number of fused-ring (bicyclic) bond motifs is 1. The van der Waals surface area contributed by atoms with Crippen LogP contribution in [-0.2, 0) is 10.2 Å². The van der Waals surface area contributed by atoms with Crippen molar-refractivity contribution >= 4 is 27.5 Å². The van der Waals surface area contributed by atoms with Crippen molar-refractivity contribution in [1.82, 2.24) is 14.9 Å². The number of aryl methyl sites for hydroxylation is 2. The fourth-order valence-electron chi connectivity index (χ4n) is 3.37. The lowest BCUT2D eigenvalue weighted by molar-refractivity contribution is -0.0585. The van der Waals surface area contributed by atoms with Crippen LogP contribution in [0.5, 0.6) is 0 Å². The van der Waals surface area contributed by atoms with E-state index in [0.29, 0.717) is 13.1 Å². The number of morpholine rings is 1. The average molecular weight is 362 g/mol. The number of thiophene rings is 1. The summed E-state index contributed by atoms with van der Waals surface area (Å²) in [5.41, 5.74) is 1.83. The van der Waals surface area contributed by atoms with Gasteiger partial charge in [0.15, 0.2) is 0 Å². The molecule has 0 bridgehead atoms. The molecule has 0 saturated carbocycles. The van der Waals surface area contributed by atoms with E-state index in [1.54, 1.807) is 0 Å². The molecule has 5 nitrogen and oxygen atoms in total. The first-order valence-electron chi connectivity index (χ1n) is 8.81. The molecular weight excluding hydrogens is 334 g/mol. The number of nitrogens with zero attached hydrogens (tertiary/aromatic N) is 3. The number of carbonyl (C=O) groups excluding carboxylic acids is 1. The second kappa shape index (κ2) is 6.32. The summed E-state index contributed by atoms with van der Waals surface area (Å²) >= 11 is 1.49. The van der Waals surface area contributed by atoms with E-state index in [9.17, 15) is 4.79 Å². The zero-order valence-electron chi connectivity index (χ0n) is 16.1. The van der Waals surface area contributed by atoms with Crippen LogP contribution in [0.15, 0.2) is 0 Å². The highest BCUT2D eigenvalue weighted by Crippen LogP contribution is 2.34. The Hall–Kier alpha value is -1.53. The molecule has 1 aliphatic rings. The molecule has 2 aromatic rings. The van der Waals surface area contributed by atoms with Gasteiger partial charge in [-0.15, -0.1) is 11.3 Å². The van der Waals surface area contributed by atoms with E-state index in [1.165, 1.54) is 11.3 Å². The summed E-state index contributed by atoms with van der Waals surface area (Å²) in [6.07, 6.45) is 0.132. The van der Waals surface area contributed by atoms with Crippen LogP contribution in [0.25, 0.3) is 10.2 Å². The Morgan fingerprint density at radius 3 is 2.32 bits per heavy atom. The minimum atomic E-state index is -0.115. The van der Waals surface area contributed by atoms with Gasteiger partial charge in [-0.1, -0.05) is 20.8 Å². The number of hydrogen-bond donors (Lipinski definition) is 0. The standard InChI is InChI=1S/C19H27N3O2S/c1-10-8-22(9-11(2)24-10)17(23)15-12(3)14-13(4)20-18(19(5,6)7)21-16(14)25-15/h10-11H,8-9H2,1-7H3. The Bertz CT molecular complexity index is 812. The molecule has 136 valence electrons. The number of hydrogen-bond acceptors (Lipinski definition) is 5. The summed E-state index contributed by atoms with van der Waals surface area (Å²) in [4.78, 5) is 26.2. The van der Waals surface area contributed by atoms with Crippen molar-refractivity contribution < 1.29 is 9.53 Å². The molecule has 2 unspecified atom stereocenters. The molecule has 0 aliphatic carbocycles. The summed E-state index contributed by atoms with van der Waals surface area (Å²) in [6.45, 7) is 15.6. The maximum Gasteiger partial charge on any atom is 0.264 e. The Kier molecular flexibility index (Phi) is 4.62. The lowest BCUT2D eigenvalue weighted by Gasteiger charge is -2.35. The zero-order valence-corrected chi connectivity index (χ0v) is 17.0. The van der Waals surface area contributed by atoms with Crippen molar-refractivity contribution in [1.29, 1.82) is 0 Å². The molecule has 1 amide bonds. The smallest absolute Gasteiger partial charge is 0.264 e. The van der Waals surface area contributed by atoms with Crippen LogP contribution in [0.3, 0.4) is 0 Å². The number of ether oxygens (including phenoxy) is 1. The largest absolute Gasteiger partial charge is 0.372 e. The van der Waals surface area contributed by atoms with Crippen LogP contribution < -0.4 is 0 Å². The second-order valence-corrected chi connectivity index (χ2v) is 9.09. The maximum absolute atomic E-state index is 13.1. The van der Waals surface area contributed by atoms with Crippen molar-refractivity contribution in [3.63, 3.8) is 0 Å². The fourth-order valence-corrected chi connectivity index (χ4v) is 4.57. The molecule has 25 heavy (non-hydrogen) atoms. The van der Waals surface area contributed by atoms with E-state index in [4.69, 9.17) is 14.7 Å². The van der Waals surface area contributed by atoms with Crippen molar-refractivity contribution in [3.05, 3.63) is 22.0 Å². The molecule has 3 rings (SSSR count). The van der Waals surface area contributed by atoms with Gasteiger partial charge in [0.2, 0.25) is 0 Å². The molecule has 1 aliphatic heterocycles. The van der Waals surface area contributed by atoms with Gasteiger partial charge in [0, 0.05) is 23.9 Å². The molecule has 6 heteroatoms. The topological polar surface area (TPSA) is 55.3 Å². The first kappa shape index (κ1) is 18.3. The number of carbonyl (C=O) groups is 1. The Labute approximate surface area is 153 Å². The molecule has 2 aromatic heterocycles. The Morgan fingerprint density at radius 2 is 1.76 bits per heavy atom. The lowest BCUT2D eigenvalue weighted by Crippen LogP contribution is -2.48. The molecule has 1 fully saturated rings. The van der Waals surface area contributed by atoms with E-state index in [1.807, 2.05) is 32.6 Å². The van der Waals surface area contributed by atoms with Gasteiger partial charge in [-0.25, -0.2) is 9.97 Å². The first-order chi connectivity index (χ1) is 11.6. The van der Waals surface area contributed by atoms with Crippen molar-refractivity contribution in [3.8, 4) is 0 Å². The minimum absolute atomic E-state index is 0.0661. The van der Waals surface area contributed by atoms with Gasteiger partial charge >= 0.3 is 0 Å². The summed E-state index contributed by atoms with van der Waals surface area (Å²) in [7, 11) is 0. The van der Waals surface area contributed by atoms with Crippen LogP contribution in [0.4, 0.5) is 0 Å². The summed E-state index contributed by atoms with van der Waals surface area (Å²) in [5.74, 6) is 0.908. The highest BCUT2D eigenvalue weighted by Gasteiger charge is 2.30. The van der Waals surface area contributed by atoms with Gasteiger partial charge in [0.25, 0.3) is 5.91 Å². The minimum Gasteiger partial charge on any atom is -0.372 e. The van der Waals surface area contributed by atoms with Crippen molar-refractivity contribution in [2.45, 2.75) is 66.1 Å². The normalized spacial score (nSPS) is 21.8. The molecule has 0 spiro atoms. The van der Waals surface area contributed by atoms with Crippen LogP contribution in [0.2, 0.25) is 0 Å². The average Bonchev–Trinajstić information content (AvgIpc) is 2.82. The van der Waals surface area contributed by atoms with Crippen molar-refractivity contribution in [2.24, 2.45) is 0 Å². The third-order valence-corrected chi connectivity index (χ3v) is 5.72.